The van der Waals surface area contributed by atoms with Crippen molar-refractivity contribution < 1.29 is 9.90 Å². The van der Waals surface area contributed by atoms with Gasteiger partial charge in [-0.1, -0.05) is 54.6 Å². The molecule has 0 atom stereocenters. The molecule has 4 rings (SSSR count). The Balaban J connectivity index is 1.52. The molecule has 4 heteroatoms. The molecule has 0 bridgehead atoms. The lowest BCUT2D eigenvalue weighted by atomic mass is 10.1. The predicted octanol–water partition coefficient (Wildman–Crippen LogP) is 4.29. The molecule has 3 aromatic carbocycles. The number of rotatable bonds is 4. The number of hydrogen-bond donors (Lipinski definition) is 1. The molecule has 0 spiro atoms. The van der Waals surface area contributed by atoms with E-state index in [1.165, 1.54) is 0 Å². The van der Waals surface area contributed by atoms with Crippen LogP contribution in [0.4, 0.5) is 16.2 Å². The summed E-state index contributed by atoms with van der Waals surface area (Å²) >= 11 is 0. The minimum atomic E-state index is -0.0193. The van der Waals surface area contributed by atoms with Gasteiger partial charge in [-0.25, -0.2) is 4.79 Å². The number of carbonyl (C=O) groups excluding carboxylic acids is 1. The highest BCUT2D eigenvalue weighted by atomic mass is 16.3. The number of carbonyl (C=O) groups is 1. The lowest BCUT2D eigenvalue weighted by Crippen LogP contribution is -2.31. The van der Waals surface area contributed by atoms with E-state index in [0.717, 1.165) is 28.1 Å². The minimum absolute atomic E-state index is 0.00805. The van der Waals surface area contributed by atoms with Crippen molar-refractivity contribution in [3.63, 3.8) is 0 Å². The molecule has 3 aromatic rings. The lowest BCUT2D eigenvalue weighted by Gasteiger charge is -2.19. The first-order valence-corrected chi connectivity index (χ1v) is 8.70. The summed E-state index contributed by atoms with van der Waals surface area (Å²) in [5.74, 6) is 0. The van der Waals surface area contributed by atoms with Crippen LogP contribution in [-0.4, -0.2) is 24.2 Å². The van der Waals surface area contributed by atoms with Crippen molar-refractivity contribution in [1.29, 1.82) is 0 Å². The molecule has 1 saturated heterocycles. The Morgan fingerprint density at radius 1 is 0.692 bits per heavy atom. The third kappa shape index (κ3) is 3.07. The highest BCUT2D eigenvalue weighted by molar-refractivity contribution is 6.06. The average Bonchev–Trinajstić information content (AvgIpc) is 3.10. The van der Waals surface area contributed by atoms with Crippen molar-refractivity contribution in [2.75, 3.05) is 22.9 Å². The molecule has 1 heterocycles. The molecule has 130 valence electrons. The fourth-order valence-corrected chi connectivity index (χ4v) is 3.26. The van der Waals surface area contributed by atoms with Gasteiger partial charge in [0.25, 0.3) is 0 Å². The number of benzene rings is 3. The largest absolute Gasteiger partial charge is 0.392 e. The van der Waals surface area contributed by atoms with Crippen LogP contribution in [0.3, 0.4) is 0 Å². The lowest BCUT2D eigenvalue weighted by molar-refractivity contribution is 0.256. The summed E-state index contributed by atoms with van der Waals surface area (Å²) in [5, 5.41) is 9.15. The van der Waals surface area contributed by atoms with E-state index in [1.807, 2.05) is 54.6 Å². The van der Waals surface area contributed by atoms with E-state index in [2.05, 4.69) is 24.3 Å². The summed E-state index contributed by atoms with van der Waals surface area (Å²) in [6.45, 7) is 1.32. The standard InChI is InChI=1S/C22H20N2O2/c25-16-17-6-10-20(11-7-17)23-14-15-24(22(23)26)21-12-8-19(9-13-21)18-4-2-1-3-5-18/h1-13,25H,14-16H2. The summed E-state index contributed by atoms with van der Waals surface area (Å²) in [7, 11) is 0. The van der Waals surface area contributed by atoms with Crippen molar-refractivity contribution in [2.24, 2.45) is 0 Å². The highest BCUT2D eigenvalue weighted by Gasteiger charge is 2.30. The van der Waals surface area contributed by atoms with E-state index >= 15 is 0 Å². The highest BCUT2D eigenvalue weighted by Crippen LogP contribution is 2.28. The zero-order chi connectivity index (χ0) is 17.9. The topological polar surface area (TPSA) is 43.8 Å². The van der Waals surface area contributed by atoms with Crippen molar-refractivity contribution in [1.82, 2.24) is 0 Å². The van der Waals surface area contributed by atoms with Crippen molar-refractivity contribution >= 4 is 17.4 Å². The zero-order valence-electron chi connectivity index (χ0n) is 14.4. The van der Waals surface area contributed by atoms with Gasteiger partial charge in [0, 0.05) is 24.5 Å². The monoisotopic (exact) mass is 344 g/mol. The van der Waals surface area contributed by atoms with Crippen LogP contribution in [0.25, 0.3) is 11.1 Å². The number of hydrogen-bond acceptors (Lipinski definition) is 2. The third-order valence-corrected chi connectivity index (χ3v) is 4.73. The van der Waals surface area contributed by atoms with Gasteiger partial charge in [0.2, 0.25) is 0 Å². The van der Waals surface area contributed by atoms with E-state index < -0.39 is 0 Å². The van der Waals surface area contributed by atoms with Crippen LogP contribution >= 0.6 is 0 Å². The Morgan fingerprint density at radius 2 is 1.19 bits per heavy atom. The third-order valence-electron chi connectivity index (χ3n) is 4.73. The molecule has 2 amide bonds. The van der Waals surface area contributed by atoms with Gasteiger partial charge in [0.15, 0.2) is 0 Å². The van der Waals surface area contributed by atoms with E-state index in [1.54, 1.807) is 9.80 Å². The average molecular weight is 344 g/mol. The molecule has 1 aliphatic rings. The molecule has 26 heavy (non-hydrogen) atoms. The van der Waals surface area contributed by atoms with Crippen molar-refractivity contribution in [3.8, 4) is 11.1 Å². The van der Waals surface area contributed by atoms with Gasteiger partial charge in [-0.3, -0.25) is 9.80 Å². The second-order valence-electron chi connectivity index (χ2n) is 6.32. The van der Waals surface area contributed by atoms with Crippen LogP contribution in [0.5, 0.6) is 0 Å². The molecular weight excluding hydrogens is 324 g/mol. The molecule has 0 unspecified atom stereocenters. The van der Waals surface area contributed by atoms with Gasteiger partial charge in [-0.05, 0) is 41.0 Å². The molecule has 1 fully saturated rings. The maximum Gasteiger partial charge on any atom is 0.329 e. The Hall–Kier alpha value is -3.11. The first-order valence-electron chi connectivity index (χ1n) is 8.70. The molecule has 1 N–H and O–H groups in total. The van der Waals surface area contributed by atoms with E-state index in [-0.39, 0.29) is 12.6 Å². The van der Waals surface area contributed by atoms with Crippen molar-refractivity contribution in [2.45, 2.75) is 6.61 Å². The van der Waals surface area contributed by atoms with Gasteiger partial charge in [-0.15, -0.1) is 0 Å². The summed E-state index contributed by atoms with van der Waals surface area (Å²) in [6.07, 6.45) is 0. The molecule has 0 radical (unpaired) electrons. The van der Waals surface area contributed by atoms with Gasteiger partial charge in [0.1, 0.15) is 0 Å². The number of nitrogens with zero attached hydrogens (tertiary/aromatic N) is 2. The van der Waals surface area contributed by atoms with Crippen LogP contribution < -0.4 is 9.80 Å². The van der Waals surface area contributed by atoms with E-state index in [4.69, 9.17) is 5.11 Å². The summed E-state index contributed by atoms with van der Waals surface area (Å²) < 4.78 is 0. The predicted molar refractivity (Wildman–Crippen MR) is 104 cm³/mol. The Bertz CT molecular complexity index is 890. The molecular formula is C22H20N2O2. The van der Waals surface area contributed by atoms with Crippen LogP contribution in [0.15, 0.2) is 78.9 Å². The van der Waals surface area contributed by atoms with Crippen LogP contribution in [0.2, 0.25) is 0 Å². The maximum absolute atomic E-state index is 12.8. The fourth-order valence-electron chi connectivity index (χ4n) is 3.26. The molecule has 1 aliphatic heterocycles. The van der Waals surface area contributed by atoms with Gasteiger partial charge < -0.3 is 5.11 Å². The summed E-state index contributed by atoms with van der Waals surface area (Å²) in [6, 6.07) is 25.7. The van der Waals surface area contributed by atoms with Gasteiger partial charge >= 0.3 is 6.03 Å². The van der Waals surface area contributed by atoms with Crippen LogP contribution in [0.1, 0.15) is 5.56 Å². The number of urea groups is 1. The SMILES string of the molecule is O=C1N(c2ccc(CO)cc2)CCN1c1ccc(-c2ccccc2)cc1. The number of amides is 2. The Labute approximate surface area is 152 Å². The maximum atomic E-state index is 12.8. The molecule has 0 saturated carbocycles. The Kier molecular flexibility index (Phi) is 4.42. The van der Waals surface area contributed by atoms with Crippen molar-refractivity contribution in [3.05, 3.63) is 84.4 Å². The fraction of sp³-hybridized carbons (Fsp3) is 0.136. The zero-order valence-corrected chi connectivity index (χ0v) is 14.4. The first kappa shape index (κ1) is 16.4. The smallest absolute Gasteiger partial charge is 0.329 e. The van der Waals surface area contributed by atoms with E-state index in [0.29, 0.717) is 13.1 Å². The minimum Gasteiger partial charge on any atom is -0.392 e. The van der Waals surface area contributed by atoms with Gasteiger partial charge in [0.05, 0.1) is 6.61 Å². The van der Waals surface area contributed by atoms with Gasteiger partial charge in [-0.2, -0.15) is 0 Å². The quantitative estimate of drug-likeness (QED) is 0.767. The summed E-state index contributed by atoms with van der Waals surface area (Å²) in [5.41, 5.74) is 4.91. The number of anilines is 2. The van der Waals surface area contributed by atoms with Crippen LogP contribution in [0, 0.1) is 0 Å². The second kappa shape index (κ2) is 7.02. The van der Waals surface area contributed by atoms with E-state index in [9.17, 15) is 4.79 Å². The van der Waals surface area contributed by atoms with Crippen LogP contribution in [-0.2, 0) is 6.61 Å². The number of aliphatic hydroxyl groups excluding tert-OH is 1. The second-order valence-corrected chi connectivity index (χ2v) is 6.32. The molecule has 0 aromatic heterocycles. The number of aliphatic hydroxyl groups is 1. The molecule has 4 nitrogen and oxygen atoms in total. The normalized spacial score (nSPS) is 14.1. The summed E-state index contributed by atoms with van der Waals surface area (Å²) in [4.78, 5) is 16.4. The Morgan fingerprint density at radius 3 is 1.73 bits per heavy atom. The molecule has 0 aliphatic carbocycles. The first-order chi connectivity index (χ1) is 12.8.